The van der Waals surface area contributed by atoms with Crippen molar-refractivity contribution in [3.05, 3.63) is 34.6 Å². The van der Waals surface area contributed by atoms with E-state index in [1.54, 1.807) is 0 Å². The first-order valence-corrected chi connectivity index (χ1v) is 6.89. The fourth-order valence-electron chi connectivity index (χ4n) is 2.97. The Morgan fingerprint density at radius 3 is 2.26 bits per heavy atom. The van der Waals surface area contributed by atoms with Gasteiger partial charge in [0.05, 0.1) is 0 Å². The quantitative estimate of drug-likeness (QED) is 0.893. The molecule has 1 heterocycles. The lowest BCUT2D eigenvalue weighted by Gasteiger charge is -2.10. The van der Waals surface area contributed by atoms with Gasteiger partial charge in [0.1, 0.15) is 17.3 Å². The van der Waals surface area contributed by atoms with E-state index in [0.717, 1.165) is 17.3 Å². The summed E-state index contributed by atoms with van der Waals surface area (Å²) in [6.07, 6.45) is 2.49. The SMILES string of the molecule is Cc1cc(C)c(-c2nc(C3CC3)n(C)c2N)c(C)c1. The van der Waals surface area contributed by atoms with E-state index in [4.69, 9.17) is 10.7 Å². The van der Waals surface area contributed by atoms with Crippen LogP contribution in [-0.4, -0.2) is 9.55 Å². The van der Waals surface area contributed by atoms with Crippen LogP contribution in [0, 0.1) is 20.8 Å². The maximum Gasteiger partial charge on any atom is 0.131 e. The van der Waals surface area contributed by atoms with Gasteiger partial charge in [-0.05, 0) is 44.7 Å². The Bertz CT molecular complexity index is 625. The van der Waals surface area contributed by atoms with E-state index in [-0.39, 0.29) is 0 Å². The summed E-state index contributed by atoms with van der Waals surface area (Å²) in [7, 11) is 2.03. The average molecular weight is 255 g/mol. The molecule has 2 aromatic rings. The number of hydrogen-bond acceptors (Lipinski definition) is 2. The molecule has 1 aromatic carbocycles. The lowest BCUT2D eigenvalue weighted by Crippen LogP contribution is -2.01. The molecule has 3 nitrogen and oxygen atoms in total. The number of nitrogen functional groups attached to an aromatic ring is 1. The Balaban J connectivity index is 2.20. The van der Waals surface area contributed by atoms with Crippen LogP contribution in [-0.2, 0) is 7.05 Å². The van der Waals surface area contributed by atoms with Crippen molar-refractivity contribution in [1.82, 2.24) is 9.55 Å². The number of anilines is 1. The fraction of sp³-hybridized carbons (Fsp3) is 0.438. The largest absolute Gasteiger partial charge is 0.383 e. The van der Waals surface area contributed by atoms with Crippen molar-refractivity contribution in [1.29, 1.82) is 0 Å². The number of aryl methyl sites for hydroxylation is 3. The molecule has 0 amide bonds. The summed E-state index contributed by atoms with van der Waals surface area (Å²) in [6, 6.07) is 4.40. The van der Waals surface area contributed by atoms with Crippen molar-refractivity contribution in [2.75, 3.05) is 5.73 Å². The molecular weight excluding hydrogens is 234 g/mol. The number of benzene rings is 1. The fourth-order valence-corrected chi connectivity index (χ4v) is 2.97. The number of nitrogens with zero attached hydrogens (tertiary/aromatic N) is 2. The zero-order valence-corrected chi connectivity index (χ0v) is 12.1. The second kappa shape index (κ2) is 4.12. The highest BCUT2D eigenvalue weighted by Crippen LogP contribution is 2.42. The molecule has 0 spiro atoms. The van der Waals surface area contributed by atoms with Crippen LogP contribution in [0.25, 0.3) is 11.3 Å². The Labute approximate surface area is 114 Å². The lowest BCUT2D eigenvalue weighted by atomic mass is 9.97. The van der Waals surface area contributed by atoms with Crippen molar-refractivity contribution in [3.63, 3.8) is 0 Å². The van der Waals surface area contributed by atoms with Crippen molar-refractivity contribution < 1.29 is 0 Å². The van der Waals surface area contributed by atoms with E-state index in [2.05, 4.69) is 37.5 Å². The topological polar surface area (TPSA) is 43.8 Å². The number of hydrogen-bond donors (Lipinski definition) is 1. The molecule has 2 N–H and O–H groups in total. The molecule has 0 aliphatic heterocycles. The van der Waals surface area contributed by atoms with Gasteiger partial charge < -0.3 is 10.3 Å². The molecular formula is C16H21N3. The Morgan fingerprint density at radius 1 is 1.16 bits per heavy atom. The first-order chi connectivity index (χ1) is 8.99. The normalized spacial score (nSPS) is 14.9. The van der Waals surface area contributed by atoms with Gasteiger partial charge in [0, 0.05) is 18.5 Å². The third kappa shape index (κ3) is 1.93. The van der Waals surface area contributed by atoms with Crippen LogP contribution in [0.15, 0.2) is 12.1 Å². The second-order valence-corrected chi connectivity index (χ2v) is 5.81. The molecule has 3 rings (SSSR count). The number of rotatable bonds is 2. The number of nitrogens with two attached hydrogens (primary N) is 1. The third-order valence-electron chi connectivity index (χ3n) is 4.03. The molecule has 0 atom stereocenters. The second-order valence-electron chi connectivity index (χ2n) is 5.81. The van der Waals surface area contributed by atoms with Crippen LogP contribution < -0.4 is 5.73 Å². The van der Waals surface area contributed by atoms with Gasteiger partial charge in [-0.1, -0.05) is 17.7 Å². The van der Waals surface area contributed by atoms with Crippen LogP contribution in [0.3, 0.4) is 0 Å². The molecule has 1 fully saturated rings. The highest BCUT2D eigenvalue weighted by Gasteiger charge is 2.30. The van der Waals surface area contributed by atoms with Gasteiger partial charge in [0.15, 0.2) is 0 Å². The van der Waals surface area contributed by atoms with E-state index in [0.29, 0.717) is 5.92 Å². The molecule has 1 aliphatic rings. The molecule has 0 unspecified atom stereocenters. The van der Waals surface area contributed by atoms with Gasteiger partial charge in [-0.15, -0.1) is 0 Å². The Morgan fingerprint density at radius 2 is 1.74 bits per heavy atom. The highest BCUT2D eigenvalue weighted by molar-refractivity contribution is 5.76. The minimum atomic E-state index is 0.618. The van der Waals surface area contributed by atoms with Gasteiger partial charge in [-0.3, -0.25) is 0 Å². The molecule has 1 aromatic heterocycles. The standard InChI is InChI=1S/C16H21N3/c1-9-7-10(2)13(11(3)8-9)14-15(17)19(4)16(18-14)12-5-6-12/h7-8,12H,5-6,17H2,1-4H3. The summed E-state index contributed by atoms with van der Waals surface area (Å²) in [5.74, 6) is 2.55. The molecule has 1 aliphatic carbocycles. The summed E-state index contributed by atoms with van der Waals surface area (Å²) in [5.41, 5.74) is 12.2. The van der Waals surface area contributed by atoms with E-state index in [1.165, 1.54) is 35.1 Å². The minimum absolute atomic E-state index is 0.618. The number of imidazole rings is 1. The van der Waals surface area contributed by atoms with Crippen LogP contribution >= 0.6 is 0 Å². The summed E-state index contributed by atoms with van der Waals surface area (Å²) in [4.78, 5) is 4.83. The van der Waals surface area contributed by atoms with Crippen molar-refractivity contribution in [2.45, 2.75) is 39.5 Å². The monoisotopic (exact) mass is 255 g/mol. The summed E-state index contributed by atoms with van der Waals surface area (Å²) in [6.45, 7) is 6.40. The number of aromatic nitrogens is 2. The van der Waals surface area contributed by atoms with Gasteiger partial charge in [0.25, 0.3) is 0 Å². The Kier molecular flexibility index (Phi) is 2.66. The van der Waals surface area contributed by atoms with Crippen LogP contribution in [0.5, 0.6) is 0 Å². The molecule has 3 heteroatoms. The molecule has 100 valence electrons. The van der Waals surface area contributed by atoms with Crippen LogP contribution in [0.4, 0.5) is 5.82 Å². The first kappa shape index (κ1) is 12.3. The van der Waals surface area contributed by atoms with Gasteiger partial charge >= 0.3 is 0 Å². The summed E-state index contributed by atoms with van der Waals surface area (Å²) in [5, 5.41) is 0. The Hall–Kier alpha value is -1.77. The lowest BCUT2D eigenvalue weighted by molar-refractivity contribution is 0.807. The minimum Gasteiger partial charge on any atom is -0.383 e. The highest BCUT2D eigenvalue weighted by atomic mass is 15.1. The zero-order chi connectivity index (χ0) is 13.7. The van der Waals surface area contributed by atoms with Gasteiger partial charge in [-0.25, -0.2) is 4.98 Å². The maximum atomic E-state index is 6.28. The van der Waals surface area contributed by atoms with E-state index < -0.39 is 0 Å². The van der Waals surface area contributed by atoms with E-state index in [9.17, 15) is 0 Å². The van der Waals surface area contributed by atoms with Gasteiger partial charge in [-0.2, -0.15) is 0 Å². The smallest absolute Gasteiger partial charge is 0.131 e. The predicted molar refractivity (Wildman–Crippen MR) is 79.2 cm³/mol. The van der Waals surface area contributed by atoms with Gasteiger partial charge in [0.2, 0.25) is 0 Å². The molecule has 19 heavy (non-hydrogen) atoms. The first-order valence-electron chi connectivity index (χ1n) is 6.89. The molecule has 0 bridgehead atoms. The van der Waals surface area contributed by atoms with E-state index >= 15 is 0 Å². The van der Waals surface area contributed by atoms with Crippen LogP contribution in [0.1, 0.15) is 41.3 Å². The van der Waals surface area contributed by atoms with E-state index in [1.807, 2.05) is 7.05 Å². The maximum absolute atomic E-state index is 6.28. The third-order valence-corrected chi connectivity index (χ3v) is 4.03. The summed E-state index contributed by atoms with van der Waals surface area (Å²) < 4.78 is 2.06. The van der Waals surface area contributed by atoms with Crippen molar-refractivity contribution in [2.24, 2.45) is 7.05 Å². The predicted octanol–water partition coefficient (Wildman–Crippen LogP) is 3.47. The van der Waals surface area contributed by atoms with Crippen molar-refractivity contribution in [3.8, 4) is 11.3 Å². The molecule has 0 radical (unpaired) electrons. The van der Waals surface area contributed by atoms with Crippen molar-refractivity contribution >= 4 is 5.82 Å². The molecule has 0 saturated heterocycles. The summed E-state index contributed by atoms with van der Waals surface area (Å²) >= 11 is 0. The zero-order valence-electron chi connectivity index (χ0n) is 12.1. The average Bonchev–Trinajstić information content (AvgIpc) is 3.10. The molecule has 1 saturated carbocycles. The van der Waals surface area contributed by atoms with Crippen LogP contribution in [0.2, 0.25) is 0 Å².